The van der Waals surface area contributed by atoms with Crippen LogP contribution in [0.5, 0.6) is 5.75 Å². The Kier molecular flexibility index (Phi) is 6.85. The zero-order valence-corrected chi connectivity index (χ0v) is 18.7. The molecule has 4 rings (SSSR count). The van der Waals surface area contributed by atoms with E-state index in [0.717, 1.165) is 0 Å². The van der Waals surface area contributed by atoms with Gasteiger partial charge in [-0.1, -0.05) is 66.4 Å². The van der Waals surface area contributed by atoms with E-state index in [1.165, 1.54) is 11.8 Å². The van der Waals surface area contributed by atoms with Crippen molar-refractivity contribution >= 4 is 29.1 Å². The van der Waals surface area contributed by atoms with E-state index in [1.54, 1.807) is 66.7 Å². The van der Waals surface area contributed by atoms with Gasteiger partial charge in [0.1, 0.15) is 5.75 Å². The summed E-state index contributed by atoms with van der Waals surface area (Å²) < 4.78 is 1.85. The van der Waals surface area contributed by atoms with Crippen molar-refractivity contribution in [2.45, 2.75) is 18.6 Å². The highest BCUT2D eigenvalue weighted by atomic mass is 32.2. The first-order valence-corrected chi connectivity index (χ1v) is 11.4. The van der Waals surface area contributed by atoms with Crippen LogP contribution in [-0.4, -0.2) is 37.3 Å². The summed E-state index contributed by atoms with van der Waals surface area (Å²) in [5.74, 6) is 0.332. The number of carbonyl (C=O) groups excluding carboxylic acids is 2. The number of ketones is 1. The number of hydrogen-bond acceptors (Lipinski definition) is 6. The van der Waals surface area contributed by atoms with Gasteiger partial charge in [-0.2, -0.15) is 0 Å². The summed E-state index contributed by atoms with van der Waals surface area (Å²) in [5.41, 5.74) is 2.03. The fourth-order valence-corrected chi connectivity index (χ4v) is 4.20. The molecule has 3 aromatic carbocycles. The number of hydrogen-bond donors (Lipinski definition) is 2. The van der Waals surface area contributed by atoms with Gasteiger partial charge in [0, 0.05) is 17.7 Å². The Morgan fingerprint density at radius 2 is 1.64 bits per heavy atom. The maximum absolute atomic E-state index is 12.9. The predicted molar refractivity (Wildman–Crippen MR) is 128 cm³/mol. The highest BCUT2D eigenvalue weighted by molar-refractivity contribution is 7.99. The van der Waals surface area contributed by atoms with Crippen LogP contribution in [-0.2, 0) is 11.3 Å². The van der Waals surface area contributed by atoms with E-state index in [2.05, 4.69) is 15.5 Å². The number of nitrogens with one attached hydrogen (secondary N) is 1. The van der Waals surface area contributed by atoms with Crippen molar-refractivity contribution < 1.29 is 14.7 Å². The number of anilines is 1. The molecule has 0 unspecified atom stereocenters. The summed E-state index contributed by atoms with van der Waals surface area (Å²) in [5, 5.41) is 22.0. The van der Waals surface area contributed by atoms with Gasteiger partial charge in [0.2, 0.25) is 5.91 Å². The Balaban J connectivity index is 1.47. The number of para-hydroxylation sites is 2. The van der Waals surface area contributed by atoms with Crippen LogP contribution in [0.15, 0.2) is 84.0 Å². The molecule has 7 nitrogen and oxygen atoms in total. The maximum Gasteiger partial charge on any atom is 0.234 e. The van der Waals surface area contributed by atoms with Crippen LogP contribution >= 0.6 is 11.8 Å². The lowest BCUT2D eigenvalue weighted by molar-refractivity contribution is -0.113. The lowest BCUT2D eigenvalue weighted by atomic mass is 10.0. The number of phenols is 1. The Morgan fingerprint density at radius 3 is 2.39 bits per heavy atom. The van der Waals surface area contributed by atoms with E-state index in [4.69, 9.17) is 0 Å². The van der Waals surface area contributed by atoms with Crippen molar-refractivity contribution in [3.05, 3.63) is 90.0 Å². The molecule has 0 aliphatic heterocycles. The highest BCUT2D eigenvalue weighted by Crippen LogP contribution is 2.30. The lowest BCUT2D eigenvalue weighted by Gasteiger charge is -2.11. The predicted octanol–water partition coefficient (Wildman–Crippen LogP) is 4.63. The van der Waals surface area contributed by atoms with Gasteiger partial charge >= 0.3 is 0 Å². The van der Waals surface area contributed by atoms with Crippen molar-refractivity contribution in [1.82, 2.24) is 14.8 Å². The number of aromatic hydroxyl groups is 1. The van der Waals surface area contributed by atoms with Crippen LogP contribution in [0, 0.1) is 0 Å². The molecule has 0 saturated heterocycles. The molecule has 1 amide bonds. The number of benzene rings is 3. The van der Waals surface area contributed by atoms with Crippen LogP contribution < -0.4 is 5.32 Å². The quantitative estimate of drug-likeness (QED) is 0.295. The average Bonchev–Trinajstić information content (AvgIpc) is 3.26. The Bertz CT molecular complexity index is 1290. The molecule has 0 atom stereocenters. The van der Waals surface area contributed by atoms with Gasteiger partial charge in [0.25, 0.3) is 0 Å². The summed E-state index contributed by atoms with van der Waals surface area (Å²) in [6.45, 7) is 2.53. The molecule has 0 fully saturated rings. The lowest BCUT2D eigenvalue weighted by Crippen LogP contribution is -2.17. The molecule has 166 valence electrons. The van der Waals surface area contributed by atoms with Crippen LogP contribution in [0.4, 0.5) is 5.69 Å². The van der Waals surface area contributed by atoms with Crippen molar-refractivity contribution in [2.75, 3.05) is 11.1 Å². The summed E-state index contributed by atoms with van der Waals surface area (Å²) in [6, 6.07) is 22.8. The topological polar surface area (TPSA) is 97.1 Å². The molecule has 1 aromatic heterocycles. The zero-order chi connectivity index (χ0) is 23.2. The Labute approximate surface area is 195 Å². The third kappa shape index (κ3) is 4.96. The first-order valence-electron chi connectivity index (χ1n) is 10.4. The SMILES string of the molecule is CCn1c(SCC(=O)Nc2ccccc2C(=O)c2ccccc2)nnc1-c1ccccc1O. The second-order valence-corrected chi connectivity index (χ2v) is 8.09. The number of thioether (sulfide) groups is 1. The van der Waals surface area contributed by atoms with Crippen LogP contribution in [0.2, 0.25) is 0 Å². The third-order valence-corrected chi connectivity index (χ3v) is 5.96. The molecule has 8 heteroatoms. The van der Waals surface area contributed by atoms with Crippen molar-refractivity contribution in [2.24, 2.45) is 0 Å². The van der Waals surface area contributed by atoms with Crippen molar-refractivity contribution in [3.8, 4) is 17.1 Å². The number of amides is 1. The van der Waals surface area contributed by atoms with E-state index in [0.29, 0.717) is 39.9 Å². The van der Waals surface area contributed by atoms with Crippen molar-refractivity contribution in [1.29, 1.82) is 0 Å². The molecule has 0 aliphatic carbocycles. The van der Waals surface area contributed by atoms with Gasteiger partial charge in [0.05, 0.1) is 17.0 Å². The Hall–Kier alpha value is -3.91. The molecule has 0 radical (unpaired) electrons. The van der Waals surface area contributed by atoms with Crippen LogP contribution in [0.3, 0.4) is 0 Å². The van der Waals surface area contributed by atoms with Gasteiger partial charge in [-0.3, -0.25) is 9.59 Å². The van der Waals surface area contributed by atoms with Gasteiger partial charge in [-0.05, 0) is 31.2 Å². The number of rotatable bonds is 8. The first-order chi connectivity index (χ1) is 16.1. The second kappa shape index (κ2) is 10.1. The minimum Gasteiger partial charge on any atom is -0.507 e. The first kappa shape index (κ1) is 22.3. The molecular weight excluding hydrogens is 436 g/mol. The van der Waals surface area contributed by atoms with Gasteiger partial charge in [-0.25, -0.2) is 0 Å². The monoisotopic (exact) mass is 458 g/mol. The Morgan fingerprint density at radius 1 is 0.939 bits per heavy atom. The van der Waals surface area contributed by atoms with E-state index < -0.39 is 0 Å². The smallest absolute Gasteiger partial charge is 0.234 e. The fourth-order valence-electron chi connectivity index (χ4n) is 3.39. The molecule has 1 heterocycles. The van der Waals surface area contributed by atoms with E-state index >= 15 is 0 Å². The molecule has 0 saturated carbocycles. The van der Waals surface area contributed by atoms with Gasteiger partial charge < -0.3 is 15.0 Å². The molecule has 33 heavy (non-hydrogen) atoms. The average molecular weight is 459 g/mol. The van der Waals surface area contributed by atoms with Crippen LogP contribution in [0.1, 0.15) is 22.8 Å². The minimum atomic E-state index is -0.261. The maximum atomic E-state index is 12.9. The number of carbonyl (C=O) groups is 2. The number of nitrogens with zero attached hydrogens (tertiary/aromatic N) is 3. The third-order valence-electron chi connectivity index (χ3n) is 4.99. The number of phenolic OH excluding ortho intramolecular Hbond substituents is 1. The molecule has 0 spiro atoms. The number of aromatic nitrogens is 3. The van der Waals surface area contributed by atoms with Crippen LogP contribution in [0.25, 0.3) is 11.4 Å². The molecular formula is C25H22N4O3S. The summed E-state index contributed by atoms with van der Waals surface area (Å²) in [4.78, 5) is 25.6. The molecule has 2 N–H and O–H groups in total. The highest BCUT2D eigenvalue weighted by Gasteiger charge is 2.18. The zero-order valence-electron chi connectivity index (χ0n) is 17.9. The van der Waals surface area contributed by atoms with E-state index in [1.807, 2.05) is 23.6 Å². The van der Waals surface area contributed by atoms with E-state index in [-0.39, 0.29) is 23.2 Å². The molecule has 0 aliphatic rings. The van der Waals surface area contributed by atoms with Gasteiger partial charge in [-0.15, -0.1) is 10.2 Å². The molecule has 0 bridgehead atoms. The summed E-state index contributed by atoms with van der Waals surface area (Å²) in [7, 11) is 0. The molecule has 4 aromatic rings. The summed E-state index contributed by atoms with van der Waals surface area (Å²) >= 11 is 1.24. The van der Waals surface area contributed by atoms with Crippen molar-refractivity contribution in [3.63, 3.8) is 0 Å². The van der Waals surface area contributed by atoms with Gasteiger partial charge in [0.15, 0.2) is 16.8 Å². The normalized spacial score (nSPS) is 10.7. The largest absolute Gasteiger partial charge is 0.507 e. The standard InChI is InChI=1S/C25H22N4O3S/c1-2-29-24(19-13-7-9-15-21(19)30)27-28-25(29)33-16-22(31)26-20-14-8-6-12-18(20)23(32)17-10-4-3-5-11-17/h3-15,30H,2,16H2,1H3,(H,26,31). The van der Waals surface area contributed by atoms with E-state index in [9.17, 15) is 14.7 Å². The minimum absolute atomic E-state index is 0.0900. The summed E-state index contributed by atoms with van der Waals surface area (Å²) in [6.07, 6.45) is 0. The fraction of sp³-hybridized carbons (Fsp3) is 0.120. The second-order valence-electron chi connectivity index (χ2n) is 7.15.